The first kappa shape index (κ1) is 19.0. The first-order valence-electron chi connectivity index (χ1n) is 9.54. The lowest BCUT2D eigenvalue weighted by molar-refractivity contribution is 0.102. The fourth-order valence-corrected chi connectivity index (χ4v) is 2.94. The van der Waals surface area contributed by atoms with Crippen molar-refractivity contribution in [1.82, 2.24) is 4.98 Å². The van der Waals surface area contributed by atoms with Crippen LogP contribution in [0.25, 0.3) is 0 Å². The molecule has 150 valence electrons. The third-order valence-corrected chi connectivity index (χ3v) is 4.71. The van der Waals surface area contributed by atoms with Crippen LogP contribution in [0.3, 0.4) is 0 Å². The molecular weight excluding hydrogens is 375 g/mol. The molecule has 2 aliphatic rings. The highest BCUT2D eigenvalue weighted by Gasteiger charge is 2.23. The van der Waals surface area contributed by atoms with E-state index in [1.165, 1.54) is 43.3 Å². The van der Waals surface area contributed by atoms with E-state index in [4.69, 9.17) is 9.47 Å². The van der Waals surface area contributed by atoms with Crippen LogP contribution in [0.2, 0.25) is 0 Å². The van der Waals surface area contributed by atoms with Gasteiger partial charge >= 0.3 is 0 Å². The predicted molar refractivity (Wildman–Crippen MR) is 106 cm³/mol. The molecule has 1 aromatic heterocycles. The molecule has 1 heterocycles. The maximum atomic E-state index is 13.8. The minimum atomic E-state index is -0.561. The van der Waals surface area contributed by atoms with Crippen LogP contribution in [-0.4, -0.2) is 23.6 Å². The molecule has 4 rings (SSSR count). The molecule has 2 aliphatic carbocycles. The van der Waals surface area contributed by atoms with Crippen LogP contribution in [0.5, 0.6) is 5.75 Å². The number of halogens is 1. The summed E-state index contributed by atoms with van der Waals surface area (Å²) < 4.78 is 25.4. The van der Waals surface area contributed by atoms with Gasteiger partial charge in [-0.15, -0.1) is 0 Å². The summed E-state index contributed by atoms with van der Waals surface area (Å²) in [6.07, 6.45) is 9.85. The summed E-state index contributed by atoms with van der Waals surface area (Å²) in [7, 11) is 0. The minimum Gasteiger partial charge on any atom is -0.494 e. The number of aromatic nitrogens is 1. The van der Waals surface area contributed by atoms with Gasteiger partial charge in [0.15, 0.2) is 0 Å². The van der Waals surface area contributed by atoms with Crippen LogP contribution < -0.4 is 15.6 Å². The largest absolute Gasteiger partial charge is 0.494 e. The Morgan fingerprint density at radius 3 is 2.83 bits per heavy atom. The van der Waals surface area contributed by atoms with Gasteiger partial charge in [-0.1, -0.05) is 0 Å². The molecule has 1 unspecified atom stereocenters. The molecule has 7 heteroatoms. The Labute approximate surface area is 167 Å². The van der Waals surface area contributed by atoms with Crippen molar-refractivity contribution >= 4 is 11.6 Å². The van der Waals surface area contributed by atoms with Gasteiger partial charge in [0.05, 0.1) is 12.2 Å². The lowest BCUT2D eigenvalue weighted by Crippen LogP contribution is -2.20. The molecule has 1 amide bonds. The van der Waals surface area contributed by atoms with E-state index in [-0.39, 0.29) is 23.0 Å². The summed E-state index contributed by atoms with van der Waals surface area (Å²) in [5, 5.41) is 2.59. The molecule has 1 saturated carbocycles. The molecule has 0 radical (unpaired) electrons. The Bertz CT molecular complexity index is 1020. The Morgan fingerprint density at radius 1 is 1.24 bits per heavy atom. The number of anilines is 1. The van der Waals surface area contributed by atoms with Gasteiger partial charge in [-0.05, 0) is 61.3 Å². The fourth-order valence-electron chi connectivity index (χ4n) is 2.94. The summed E-state index contributed by atoms with van der Waals surface area (Å²) in [4.78, 5) is 26.5. The number of hydrogen-bond acceptors (Lipinski definition) is 4. The molecule has 0 spiro atoms. The van der Waals surface area contributed by atoms with Gasteiger partial charge in [0.2, 0.25) is 5.56 Å². The van der Waals surface area contributed by atoms with Crippen LogP contribution in [0, 0.1) is 11.7 Å². The number of ether oxygens (including phenoxy) is 2. The zero-order valence-corrected chi connectivity index (χ0v) is 15.7. The Hall–Kier alpha value is -3.35. The number of carbonyl (C=O) groups excluding carboxylic acids is 1. The summed E-state index contributed by atoms with van der Waals surface area (Å²) >= 11 is 0. The van der Waals surface area contributed by atoms with Crippen molar-refractivity contribution in [3.63, 3.8) is 0 Å². The van der Waals surface area contributed by atoms with E-state index in [0.717, 1.165) is 18.4 Å². The summed E-state index contributed by atoms with van der Waals surface area (Å²) in [6, 6.07) is 6.57. The summed E-state index contributed by atoms with van der Waals surface area (Å²) in [5.74, 6) is 0.651. The Balaban J connectivity index is 1.43. The highest BCUT2D eigenvalue weighted by molar-refractivity contribution is 6.06. The van der Waals surface area contributed by atoms with E-state index in [1.54, 1.807) is 0 Å². The number of rotatable bonds is 7. The van der Waals surface area contributed by atoms with E-state index in [1.807, 2.05) is 18.2 Å². The number of aromatic amines is 1. The van der Waals surface area contributed by atoms with E-state index in [2.05, 4.69) is 10.3 Å². The van der Waals surface area contributed by atoms with Crippen molar-refractivity contribution in [3.8, 4) is 5.75 Å². The smallest absolute Gasteiger partial charge is 0.259 e. The molecule has 0 aliphatic heterocycles. The van der Waals surface area contributed by atoms with E-state index in [9.17, 15) is 14.0 Å². The van der Waals surface area contributed by atoms with Crippen LogP contribution >= 0.6 is 0 Å². The zero-order chi connectivity index (χ0) is 20.2. The van der Waals surface area contributed by atoms with E-state index < -0.39 is 11.7 Å². The second-order valence-electron chi connectivity index (χ2n) is 7.15. The van der Waals surface area contributed by atoms with Crippen LogP contribution in [0.1, 0.15) is 29.6 Å². The fraction of sp³-hybridized carbons (Fsp3) is 0.273. The molecule has 2 aromatic rings. The topological polar surface area (TPSA) is 80.4 Å². The predicted octanol–water partition coefficient (Wildman–Crippen LogP) is 3.78. The second-order valence-corrected chi connectivity index (χ2v) is 7.15. The first-order valence-corrected chi connectivity index (χ1v) is 9.54. The molecule has 0 saturated heterocycles. The molecule has 6 nitrogen and oxygen atoms in total. The molecule has 29 heavy (non-hydrogen) atoms. The van der Waals surface area contributed by atoms with E-state index in [0.29, 0.717) is 18.0 Å². The van der Waals surface area contributed by atoms with Crippen molar-refractivity contribution < 1.29 is 18.7 Å². The van der Waals surface area contributed by atoms with Crippen molar-refractivity contribution in [2.75, 3.05) is 11.9 Å². The van der Waals surface area contributed by atoms with Crippen LogP contribution in [0.4, 0.5) is 10.1 Å². The van der Waals surface area contributed by atoms with Gasteiger partial charge in [-0.3, -0.25) is 9.59 Å². The standard InChI is InChI=1S/C22H21FN2O4/c23-15-3-8-20(19(11-15)22(27)25-16-9-10-24-21(26)12-16)29-18-6-4-17(5-7-18)28-13-14-1-2-14/h3-6,8-12,14,18H,1-2,7,13H2,(H2,24,25,26,27). The minimum absolute atomic E-state index is 0.0541. The van der Waals surface area contributed by atoms with Crippen molar-refractivity contribution in [3.05, 3.63) is 82.3 Å². The van der Waals surface area contributed by atoms with Gasteiger partial charge in [0.1, 0.15) is 23.4 Å². The van der Waals surface area contributed by atoms with Crippen molar-refractivity contribution in [2.24, 2.45) is 5.92 Å². The van der Waals surface area contributed by atoms with Crippen molar-refractivity contribution in [1.29, 1.82) is 0 Å². The Kier molecular flexibility index (Phi) is 5.46. The number of pyridine rings is 1. The van der Waals surface area contributed by atoms with Crippen molar-refractivity contribution in [2.45, 2.75) is 25.4 Å². The maximum absolute atomic E-state index is 13.8. The number of allylic oxidation sites excluding steroid dienone is 1. The summed E-state index contributed by atoms with van der Waals surface area (Å²) in [6.45, 7) is 0.742. The van der Waals surface area contributed by atoms with Gasteiger partial charge in [-0.2, -0.15) is 0 Å². The van der Waals surface area contributed by atoms with Crippen LogP contribution in [0.15, 0.2) is 65.3 Å². The SMILES string of the molecule is O=C(Nc1cc[nH]c(=O)c1)c1cc(F)ccc1OC1C=CC(OCC2CC2)=CC1. The van der Waals surface area contributed by atoms with E-state index >= 15 is 0 Å². The highest BCUT2D eigenvalue weighted by atomic mass is 19.1. The van der Waals surface area contributed by atoms with Crippen LogP contribution in [-0.2, 0) is 4.74 Å². The molecule has 1 atom stereocenters. The maximum Gasteiger partial charge on any atom is 0.259 e. The highest BCUT2D eigenvalue weighted by Crippen LogP contribution is 2.30. The summed E-state index contributed by atoms with van der Waals surface area (Å²) in [5.41, 5.74) is 0.0164. The molecule has 0 bridgehead atoms. The lowest BCUT2D eigenvalue weighted by atomic mass is 10.1. The number of benzene rings is 1. The molecule has 1 aromatic carbocycles. The molecule has 2 N–H and O–H groups in total. The normalized spacial score (nSPS) is 18.1. The monoisotopic (exact) mass is 396 g/mol. The zero-order valence-electron chi connectivity index (χ0n) is 15.7. The number of nitrogens with one attached hydrogen (secondary N) is 2. The quantitative estimate of drug-likeness (QED) is 0.746. The number of H-pyrrole nitrogens is 1. The van der Waals surface area contributed by atoms with Gasteiger partial charge < -0.3 is 19.8 Å². The third kappa shape index (κ3) is 5.13. The second kappa shape index (κ2) is 8.34. The van der Waals surface area contributed by atoms with Gasteiger partial charge in [0.25, 0.3) is 5.91 Å². The first-order chi connectivity index (χ1) is 14.1. The van der Waals surface area contributed by atoms with Gasteiger partial charge in [0, 0.05) is 24.4 Å². The lowest BCUT2D eigenvalue weighted by Gasteiger charge is -2.20. The Morgan fingerprint density at radius 2 is 2.10 bits per heavy atom. The third-order valence-electron chi connectivity index (χ3n) is 4.71. The average molecular weight is 396 g/mol. The molecule has 1 fully saturated rings. The number of carbonyl (C=O) groups is 1. The number of amides is 1. The number of hydrogen-bond donors (Lipinski definition) is 2. The average Bonchev–Trinajstić information content (AvgIpc) is 3.53. The molecular formula is C22H21FN2O4. The van der Waals surface area contributed by atoms with Gasteiger partial charge in [-0.25, -0.2) is 4.39 Å².